The zero-order valence-electron chi connectivity index (χ0n) is 18.2. The maximum Gasteiger partial charge on any atom is 0.234 e. The van der Waals surface area contributed by atoms with Crippen LogP contribution in [0.15, 0.2) is 24.3 Å². The Morgan fingerprint density at radius 3 is 2.29 bits per heavy atom. The van der Waals surface area contributed by atoms with Gasteiger partial charge in [-0.2, -0.15) is 0 Å². The second-order valence-electron chi connectivity index (χ2n) is 9.28. The van der Waals surface area contributed by atoms with Crippen LogP contribution in [0.5, 0.6) is 0 Å². The van der Waals surface area contributed by atoms with Gasteiger partial charge >= 0.3 is 0 Å². The molecule has 7 heteroatoms. The molecule has 1 unspecified atom stereocenters. The van der Waals surface area contributed by atoms with Crippen molar-refractivity contribution < 1.29 is 14.4 Å². The topological polar surface area (TPSA) is 95.7 Å². The molecule has 31 heavy (non-hydrogen) atoms. The van der Waals surface area contributed by atoms with Crippen LogP contribution >= 0.6 is 0 Å². The second kappa shape index (κ2) is 9.81. The number of hydrogen-bond donors (Lipinski definition) is 2. The maximum atomic E-state index is 12.5. The number of carbonyl (C=O) groups excluding carboxylic acids is 3. The van der Waals surface area contributed by atoms with Crippen LogP contribution in [0.4, 0.5) is 5.69 Å². The number of nitrogens with one attached hydrogen (secondary N) is 1. The third-order valence-corrected chi connectivity index (χ3v) is 7.17. The van der Waals surface area contributed by atoms with E-state index in [2.05, 4.69) is 22.3 Å². The Morgan fingerprint density at radius 1 is 0.968 bits per heavy atom. The molecule has 3 heterocycles. The number of rotatable bonds is 5. The lowest BCUT2D eigenvalue weighted by Crippen LogP contribution is -2.43. The Kier molecular flexibility index (Phi) is 6.90. The molecule has 0 bridgehead atoms. The normalized spacial score (nSPS) is 23.7. The first-order valence-corrected chi connectivity index (χ1v) is 11.7. The predicted octanol–water partition coefficient (Wildman–Crippen LogP) is 2.15. The smallest absolute Gasteiger partial charge is 0.234 e. The van der Waals surface area contributed by atoms with Crippen molar-refractivity contribution in [3.05, 3.63) is 29.8 Å². The van der Waals surface area contributed by atoms with Crippen LogP contribution in [0.2, 0.25) is 0 Å². The lowest BCUT2D eigenvalue weighted by Gasteiger charge is -2.34. The average Bonchev–Trinajstić information content (AvgIpc) is 2.78. The molecule has 3 fully saturated rings. The highest BCUT2D eigenvalue weighted by Gasteiger charge is 2.28. The summed E-state index contributed by atoms with van der Waals surface area (Å²) < 4.78 is 0. The molecule has 1 aromatic rings. The highest BCUT2D eigenvalue weighted by molar-refractivity contribution is 6.00. The number of amides is 3. The van der Waals surface area contributed by atoms with Gasteiger partial charge in [-0.3, -0.25) is 19.7 Å². The Hall–Kier alpha value is -2.41. The fourth-order valence-corrected chi connectivity index (χ4v) is 5.04. The van der Waals surface area contributed by atoms with E-state index in [0.29, 0.717) is 31.1 Å². The second-order valence-corrected chi connectivity index (χ2v) is 9.28. The number of piperidine rings is 3. The summed E-state index contributed by atoms with van der Waals surface area (Å²) in [4.78, 5) is 40.3. The van der Waals surface area contributed by atoms with Crippen molar-refractivity contribution in [3.63, 3.8) is 0 Å². The molecule has 0 aromatic heterocycles. The molecular formula is C24H34N4O3. The Labute approximate surface area is 184 Å². The SMILES string of the molecule is NC1CCN(C(=O)CCC2CCN(c3ccc(C4CCC(=O)NC4=O)cc3)CC2)CC1. The third kappa shape index (κ3) is 5.45. The van der Waals surface area contributed by atoms with Gasteiger partial charge in [0.05, 0.1) is 5.92 Å². The van der Waals surface area contributed by atoms with E-state index in [-0.39, 0.29) is 23.8 Å². The summed E-state index contributed by atoms with van der Waals surface area (Å²) >= 11 is 0. The average molecular weight is 427 g/mol. The molecule has 0 aliphatic carbocycles. The van der Waals surface area contributed by atoms with Crippen molar-refractivity contribution in [3.8, 4) is 0 Å². The Bertz CT molecular complexity index is 794. The first-order valence-electron chi connectivity index (χ1n) is 11.7. The van der Waals surface area contributed by atoms with Gasteiger partial charge in [-0.1, -0.05) is 12.1 Å². The third-order valence-electron chi connectivity index (χ3n) is 7.17. The summed E-state index contributed by atoms with van der Waals surface area (Å²) in [6.45, 7) is 3.62. The summed E-state index contributed by atoms with van der Waals surface area (Å²) in [5.74, 6) is 0.299. The lowest BCUT2D eigenvalue weighted by atomic mass is 9.89. The highest BCUT2D eigenvalue weighted by Crippen LogP contribution is 2.30. The van der Waals surface area contributed by atoms with Crippen LogP contribution in [-0.4, -0.2) is 54.8 Å². The van der Waals surface area contributed by atoms with Crippen LogP contribution in [0, 0.1) is 5.92 Å². The highest BCUT2D eigenvalue weighted by atomic mass is 16.2. The summed E-state index contributed by atoms with van der Waals surface area (Å²) in [5, 5.41) is 2.43. The largest absolute Gasteiger partial charge is 0.372 e. The van der Waals surface area contributed by atoms with Crippen LogP contribution < -0.4 is 16.0 Å². The summed E-state index contributed by atoms with van der Waals surface area (Å²) in [7, 11) is 0. The van der Waals surface area contributed by atoms with Crippen LogP contribution in [0.3, 0.4) is 0 Å². The van der Waals surface area contributed by atoms with Gasteiger partial charge in [0.1, 0.15) is 0 Å². The molecule has 168 valence electrons. The first-order chi connectivity index (χ1) is 15.0. The zero-order chi connectivity index (χ0) is 21.8. The van der Waals surface area contributed by atoms with E-state index in [9.17, 15) is 14.4 Å². The number of benzene rings is 1. The number of hydrogen-bond acceptors (Lipinski definition) is 5. The molecule has 1 atom stereocenters. The van der Waals surface area contributed by atoms with E-state index < -0.39 is 0 Å². The van der Waals surface area contributed by atoms with Crippen molar-refractivity contribution in [1.29, 1.82) is 0 Å². The number of nitrogens with two attached hydrogens (primary N) is 1. The molecule has 0 saturated carbocycles. The predicted molar refractivity (Wildman–Crippen MR) is 120 cm³/mol. The van der Waals surface area contributed by atoms with Crippen LogP contribution in [0.25, 0.3) is 0 Å². The molecule has 3 aliphatic heterocycles. The van der Waals surface area contributed by atoms with Crippen molar-refractivity contribution in [2.24, 2.45) is 11.7 Å². The first kappa shape index (κ1) is 21.8. The van der Waals surface area contributed by atoms with Gasteiger partial charge in [-0.25, -0.2) is 0 Å². The van der Waals surface area contributed by atoms with Gasteiger partial charge in [-0.05, 0) is 62.1 Å². The van der Waals surface area contributed by atoms with Crippen LogP contribution in [0.1, 0.15) is 62.8 Å². The molecular weight excluding hydrogens is 392 g/mol. The monoisotopic (exact) mass is 426 g/mol. The molecule has 4 rings (SSSR count). The van der Waals surface area contributed by atoms with Gasteiger partial charge in [-0.15, -0.1) is 0 Å². The minimum absolute atomic E-state index is 0.178. The number of imide groups is 1. The van der Waals surface area contributed by atoms with E-state index in [1.54, 1.807) is 0 Å². The van der Waals surface area contributed by atoms with Crippen molar-refractivity contribution >= 4 is 23.4 Å². The van der Waals surface area contributed by atoms with Crippen LogP contribution in [-0.2, 0) is 14.4 Å². The minimum atomic E-state index is -0.231. The number of anilines is 1. The lowest BCUT2D eigenvalue weighted by molar-refractivity contribution is -0.134. The van der Waals surface area contributed by atoms with Gasteiger partial charge in [0, 0.05) is 50.7 Å². The summed E-state index contributed by atoms with van der Waals surface area (Å²) in [5.41, 5.74) is 8.08. The van der Waals surface area contributed by atoms with E-state index in [4.69, 9.17) is 5.73 Å². The number of likely N-dealkylation sites (tertiary alicyclic amines) is 1. The van der Waals surface area contributed by atoms with Gasteiger partial charge < -0.3 is 15.5 Å². The van der Waals surface area contributed by atoms with E-state index in [0.717, 1.165) is 63.8 Å². The molecule has 3 amide bonds. The summed E-state index contributed by atoms with van der Waals surface area (Å²) in [6, 6.07) is 8.47. The molecule has 7 nitrogen and oxygen atoms in total. The molecule has 1 aromatic carbocycles. The van der Waals surface area contributed by atoms with Gasteiger partial charge in [0.25, 0.3) is 0 Å². The number of carbonyl (C=O) groups is 3. The Morgan fingerprint density at radius 2 is 1.65 bits per heavy atom. The molecule has 3 aliphatic rings. The zero-order valence-corrected chi connectivity index (χ0v) is 18.2. The van der Waals surface area contributed by atoms with E-state index >= 15 is 0 Å². The fraction of sp³-hybridized carbons (Fsp3) is 0.625. The van der Waals surface area contributed by atoms with Gasteiger partial charge in [0.15, 0.2) is 0 Å². The standard InChI is InChI=1S/C24H34N4O3/c25-19-11-15-28(16-12-19)23(30)8-1-17-9-13-27(14-10-17)20-4-2-18(3-5-20)21-6-7-22(29)26-24(21)31/h2-5,17,19,21H,1,6-16,25H2,(H,26,29,31). The number of nitrogens with zero attached hydrogens (tertiary/aromatic N) is 2. The molecule has 0 spiro atoms. The summed E-state index contributed by atoms with van der Waals surface area (Å²) in [6.07, 6.45) is 6.67. The molecule has 0 radical (unpaired) electrons. The maximum absolute atomic E-state index is 12.5. The van der Waals surface area contributed by atoms with Crippen molar-refractivity contribution in [2.75, 3.05) is 31.1 Å². The minimum Gasteiger partial charge on any atom is -0.372 e. The fourth-order valence-electron chi connectivity index (χ4n) is 5.04. The molecule has 3 N–H and O–H groups in total. The van der Waals surface area contributed by atoms with Crippen molar-refractivity contribution in [1.82, 2.24) is 10.2 Å². The van der Waals surface area contributed by atoms with Gasteiger partial charge in [0.2, 0.25) is 17.7 Å². The van der Waals surface area contributed by atoms with Crippen molar-refractivity contribution in [2.45, 2.75) is 63.3 Å². The van der Waals surface area contributed by atoms with E-state index in [1.807, 2.05) is 17.0 Å². The van der Waals surface area contributed by atoms with E-state index in [1.165, 1.54) is 5.69 Å². The molecule has 3 saturated heterocycles. The quantitative estimate of drug-likeness (QED) is 0.704. The Balaban J connectivity index is 1.22.